The Bertz CT molecular complexity index is 1130. The number of nitrogens with two attached hydrogens (primary N) is 1. The van der Waals surface area contributed by atoms with Crippen molar-refractivity contribution < 1.29 is 27.0 Å². The van der Waals surface area contributed by atoms with Gasteiger partial charge in [0.15, 0.2) is 0 Å². The van der Waals surface area contributed by atoms with Crippen LogP contribution < -0.4 is 15.8 Å². The monoisotopic (exact) mass is 438 g/mol. The maximum absolute atomic E-state index is 15.1. The first-order chi connectivity index (χ1) is 14.7. The molecule has 3 heterocycles. The Morgan fingerprint density at radius 3 is 2.55 bits per heavy atom. The van der Waals surface area contributed by atoms with E-state index in [0.29, 0.717) is 18.8 Å². The highest BCUT2D eigenvalue weighted by Gasteiger charge is 2.39. The first-order valence-electron chi connectivity index (χ1n) is 9.15. The average Bonchev–Trinajstić information content (AvgIpc) is 3.13. The Balaban J connectivity index is 1.87. The molecule has 1 aliphatic rings. The summed E-state index contributed by atoms with van der Waals surface area (Å²) in [6, 6.07) is 2.31. The van der Waals surface area contributed by atoms with E-state index < -0.39 is 35.0 Å². The third-order valence-corrected chi connectivity index (χ3v) is 4.90. The molecule has 0 spiro atoms. The minimum absolute atomic E-state index is 0.0122. The van der Waals surface area contributed by atoms with Crippen molar-refractivity contribution in [2.24, 2.45) is 0 Å². The van der Waals surface area contributed by atoms with Gasteiger partial charge < -0.3 is 20.5 Å². The molecule has 3 N–H and O–H groups in total. The first kappa shape index (κ1) is 20.8. The van der Waals surface area contributed by atoms with Crippen LogP contribution in [0, 0.1) is 5.82 Å². The van der Waals surface area contributed by atoms with E-state index in [1.807, 2.05) is 0 Å². The quantitative estimate of drug-likeness (QED) is 0.589. The minimum atomic E-state index is -4.83. The van der Waals surface area contributed by atoms with Gasteiger partial charge in [-0.3, -0.25) is 4.68 Å². The van der Waals surface area contributed by atoms with Crippen LogP contribution in [0.25, 0.3) is 22.4 Å². The van der Waals surface area contributed by atoms with Crippen molar-refractivity contribution in [2.45, 2.75) is 12.2 Å². The number of benzene rings is 1. The number of aromatic nitrogens is 4. The maximum Gasteiger partial charge on any atom is 0.422 e. The number of rotatable bonds is 5. The molecular weight excluding hydrogens is 420 g/mol. The Hall–Kier alpha value is -3.41. The Morgan fingerprint density at radius 1 is 1.23 bits per heavy atom. The summed E-state index contributed by atoms with van der Waals surface area (Å²) in [6.07, 6.45) is -1.71. The van der Waals surface area contributed by atoms with Gasteiger partial charge in [0.05, 0.1) is 38.3 Å². The van der Waals surface area contributed by atoms with Crippen molar-refractivity contribution in [3.8, 4) is 28.1 Å². The van der Waals surface area contributed by atoms with Gasteiger partial charge in [-0.2, -0.15) is 23.3 Å². The summed E-state index contributed by atoms with van der Waals surface area (Å²) in [6.45, 7) is 1.02. The van der Waals surface area contributed by atoms with Gasteiger partial charge in [-0.05, 0) is 12.1 Å². The normalized spacial score (nSPS) is 14.4. The third kappa shape index (κ3) is 3.74. The fraction of sp³-hybridized carbons (Fsp3) is 0.316. The number of ether oxygens (including phenoxy) is 2. The van der Waals surface area contributed by atoms with Gasteiger partial charge in [-0.15, -0.1) is 0 Å². The summed E-state index contributed by atoms with van der Waals surface area (Å²) in [5.74, 6) is -1.70. The van der Waals surface area contributed by atoms with Crippen molar-refractivity contribution >= 4 is 11.8 Å². The molecule has 164 valence electrons. The topological polar surface area (TPSA) is 100 Å². The number of anilines is 2. The number of nitrogen functional groups attached to an aromatic ring is 1. The van der Waals surface area contributed by atoms with Crippen molar-refractivity contribution in [3.05, 3.63) is 35.9 Å². The number of hydrogen-bond donors (Lipinski definition) is 2. The van der Waals surface area contributed by atoms with Crippen LogP contribution in [0.4, 0.5) is 29.3 Å². The number of nitrogens with zero attached hydrogens (tertiary/aromatic N) is 4. The van der Waals surface area contributed by atoms with Gasteiger partial charge in [-0.1, -0.05) is 0 Å². The van der Waals surface area contributed by atoms with E-state index in [1.54, 1.807) is 10.9 Å². The summed E-state index contributed by atoms with van der Waals surface area (Å²) in [4.78, 5) is 7.35. The predicted molar refractivity (Wildman–Crippen MR) is 104 cm³/mol. The fourth-order valence-electron chi connectivity index (χ4n) is 3.30. The zero-order valence-corrected chi connectivity index (χ0v) is 16.5. The van der Waals surface area contributed by atoms with Crippen molar-refractivity contribution in [3.63, 3.8) is 0 Å². The molecule has 0 bridgehead atoms. The second kappa shape index (κ2) is 7.69. The van der Waals surface area contributed by atoms with Crippen LogP contribution in [0.5, 0.6) is 5.75 Å². The van der Waals surface area contributed by atoms with Gasteiger partial charge in [-0.25, -0.2) is 9.37 Å². The molecule has 0 unspecified atom stereocenters. The van der Waals surface area contributed by atoms with Crippen LogP contribution >= 0.6 is 0 Å². The second-order valence-corrected chi connectivity index (χ2v) is 6.83. The van der Waals surface area contributed by atoms with Crippen LogP contribution in [0.2, 0.25) is 0 Å². The van der Waals surface area contributed by atoms with E-state index in [1.165, 1.54) is 26.4 Å². The molecule has 12 heteroatoms. The molecule has 31 heavy (non-hydrogen) atoms. The SMILES string of the molecule is CNc1nc(N)nc(-c2cc(F)c(-c3cnn(C4COC4)c3)cc2OC)c1C(F)(F)F. The number of methoxy groups -OCH3 is 1. The van der Waals surface area contributed by atoms with E-state index in [9.17, 15) is 13.2 Å². The Labute approximate surface area is 174 Å². The van der Waals surface area contributed by atoms with Crippen LogP contribution in [-0.4, -0.2) is 47.1 Å². The second-order valence-electron chi connectivity index (χ2n) is 6.83. The lowest BCUT2D eigenvalue weighted by Crippen LogP contribution is -2.30. The molecule has 1 aromatic carbocycles. The highest BCUT2D eigenvalue weighted by Crippen LogP contribution is 2.44. The summed E-state index contributed by atoms with van der Waals surface area (Å²) >= 11 is 0. The van der Waals surface area contributed by atoms with Gasteiger partial charge >= 0.3 is 6.18 Å². The van der Waals surface area contributed by atoms with E-state index in [-0.39, 0.29) is 22.9 Å². The van der Waals surface area contributed by atoms with Gasteiger partial charge in [0, 0.05) is 29.9 Å². The molecule has 0 amide bonds. The number of alkyl halides is 3. The van der Waals surface area contributed by atoms with E-state index >= 15 is 4.39 Å². The molecule has 0 radical (unpaired) electrons. The number of nitrogens with one attached hydrogen (secondary N) is 1. The molecule has 1 saturated heterocycles. The van der Waals surface area contributed by atoms with E-state index in [2.05, 4.69) is 20.4 Å². The lowest BCUT2D eigenvalue weighted by molar-refractivity contribution is -0.136. The lowest BCUT2D eigenvalue weighted by atomic mass is 10.00. The minimum Gasteiger partial charge on any atom is -0.496 e. The summed E-state index contributed by atoms with van der Waals surface area (Å²) in [5.41, 5.74) is 4.20. The molecule has 1 fully saturated rings. The van der Waals surface area contributed by atoms with Gasteiger partial charge in [0.1, 0.15) is 22.9 Å². The molecule has 0 atom stereocenters. The van der Waals surface area contributed by atoms with Crippen LogP contribution in [0.15, 0.2) is 24.5 Å². The predicted octanol–water partition coefficient (Wildman–Crippen LogP) is 3.37. The molecule has 1 aliphatic heterocycles. The summed E-state index contributed by atoms with van der Waals surface area (Å²) in [7, 11) is 2.54. The summed E-state index contributed by atoms with van der Waals surface area (Å²) < 4.78 is 68.5. The molecule has 0 aliphatic carbocycles. The molecule has 0 saturated carbocycles. The zero-order chi connectivity index (χ0) is 22.3. The van der Waals surface area contributed by atoms with Crippen molar-refractivity contribution in [1.29, 1.82) is 0 Å². The fourth-order valence-corrected chi connectivity index (χ4v) is 3.30. The van der Waals surface area contributed by atoms with Crippen molar-refractivity contribution in [2.75, 3.05) is 38.4 Å². The Kier molecular flexibility index (Phi) is 5.17. The van der Waals surface area contributed by atoms with Crippen molar-refractivity contribution in [1.82, 2.24) is 19.7 Å². The number of hydrogen-bond acceptors (Lipinski definition) is 7. The van der Waals surface area contributed by atoms with Crippen LogP contribution in [0.3, 0.4) is 0 Å². The number of halogens is 4. The summed E-state index contributed by atoms with van der Waals surface area (Å²) in [5, 5.41) is 6.57. The Morgan fingerprint density at radius 2 is 1.97 bits per heavy atom. The van der Waals surface area contributed by atoms with E-state index in [0.717, 1.165) is 6.07 Å². The third-order valence-electron chi connectivity index (χ3n) is 4.90. The van der Waals surface area contributed by atoms with E-state index in [4.69, 9.17) is 15.2 Å². The highest BCUT2D eigenvalue weighted by atomic mass is 19.4. The average molecular weight is 438 g/mol. The standard InChI is InChI=1S/C19H18F4N6O2/c1-25-17-15(19(21,22)23)16(27-18(24)28-17)12-3-13(20)11(4-14(12)30-2)9-5-26-29(6-9)10-7-31-8-10/h3-6,10H,7-8H2,1-2H3,(H3,24,25,27,28). The molecular formula is C19H18F4N6O2. The smallest absolute Gasteiger partial charge is 0.422 e. The maximum atomic E-state index is 15.1. The van der Waals surface area contributed by atoms with Crippen LogP contribution in [0.1, 0.15) is 11.6 Å². The highest BCUT2D eigenvalue weighted by molar-refractivity contribution is 5.79. The molecule has 3 aromatic rings. The van der Waals surface area contributed by atoms with Gasteiger partial charge in [0.2, 0.25) is 5.95 Å². The van der Waals surface area contributed by atoms with Gasteiger partial charge in [0.25, 0.3) is 0 Å². The molecule has 8 nitrogen and oxygen atoms in total. The molecule has 4 rings (SSSR count). The largest absolute Gasteiger partial charge is 0.496 e. The van der Waals surface area contributed by atoms with Crippen LogP contribution in [-0.2, 0) is 10.9 Å². The zero-order valence-electron chi connectivity index (χ0n) is 16.5. The lowest BCUT2D eigenvalue weighted by Gasteiger charge is -2.25. The first-order valence-corrected chi connectivity index (χ1v) is 9.15. The molecule has 2 aromatic heterocycles.